The third kappa shape index (κ3) is 5.59. The molecule has 1 aromatic rings. The van der Waals surface area contributed by atoms with Crippen molar-refractivity contribution < 1.29 is 12.8 Å². The van der Waals surface area contributed by atoms with Gasteiger partial charge in [0, 0.05) is 5.69 Å². The Kier molecular flexibility index (Phi) is 6.28. The minimum absolute atomic E-state index is 0.0152. The fourth-order valence-corrected chi connectivity index (χ4v) is 3.38. The van der Waals surface area contributed by atoms with Crippen LogP contribution in [0.1, 0.15) is 45.4 Å². The molecule has 0 aliphatic heterocycles. The Morgan fingerprint density at radius 1 is 1.05 bits per heavy atom. The van der Waals surface area contributed by atoms with Crippen molar-refractivity contribution >= 4 is 15.5 Å². The first-order valence-corrected chi connectivity index (χ1v) is 8.40. The summed E-state index contributed by atoms with van der Waals surface area (Å²) in [5.41, 5.74) is 5.60. The fraction of sp³-hybridized carbons (Fsp3) is 0.571. The van der Waals surface area contributed by atoms with E-state index in [0.29, 0.717) is 6.42 Å². The predicted molar refractivity (Wildman–Crippen MR) is 76.2 cm³/mol. The second-order valence-electron chi connectivity index (χ2n) is 4.81. The van der Waals surface area contributed by atoms with Gasteiger partial charge in [0.1, 0.15) is 5.82 Å². The first-order chi connectivity index (χ1) is 8.95. The minimum Gasteiger partial charge on any atom is -0.399 e. The molecule has 3 nitrogen and oxygen atoms in total. The summed E-state index contributed by atoms with van der Waals surface area (Å²) in [6.07, 6.45) is 6.05. The zero-order valence-electron chi connectivity index (χ0n) is 11.4. The van der Waals surface area contributed by atoms with E-state index in [0.717, 1.165) is 31.4 Å². The molecule has 0 spiro atoms. The molecule has 0 bridgehead atoms. The highest BCUT2D eigenvalue weighted by Gasteiger charge is 2.15. The SMILES string of the molecule is CCCCCCCCS(=O)(=O)c1cc(N)cc(F)c1. The molecule has 0 amide bonds. The van der Waals surface area contributed by atoms with Crippen molar-refractivity contribution in [2.24, 2.45) is 0 Å². The van der Waals surface area contributed by atoms with Crippen molar-refractivity contribution in [2.75, 3.05) is 11.5 Å². The number of nitrogens with two attached hydrogens (primary N) is 1. The van der Waals surface area contributed by atoms with Gasteiger partial charge in [-0.25, -0.2) is 12.8 Å². The third-order valence-corrected chi connectivity index (χ3v) is 4.80. The van der Waals surface area contributed by atoms with Gasteiger partial charge in [-0.3, -0.25) is 0 Å². The summed E-state index contributed by atoms with van der Waals surface area (Å²) in [7, 11) is -3.42. The van der Waals surface area contributed by atoms with Crippen LogP contribution in [0, 0.1) is 5.82 Å². The second kappa shape index (κ2) is 7.48. The Hall–Kier alpha value is -1.10. The summed E-state index contributed by atoms with van der Waals surface area (Å²) in [4.78, 5) is -0.0152. The van der Waals surface area contributed by atoms with Gasteiger partial charge in [-0.2, -0.15) is 0 Å². The Balaban J connectivity index is 2.51. The average Bonchev–Trinajstić information content (AvgIpc) is 2.32. The Labute approximate surface area is 114 Å². The van der Waals surface area contributed by atoms with Crippen molar-refractivity contribution in [3.8, 4) is 0 Å². The van der Waals surface area contributed by atoms with Crippen molar-refractivity contribution in [3.63, 3.8) is 0 Å². The lowest BCUT2D eigenvalue weighted by Gasteiger charge is -2.06. The van der Waals surface area contributed by atoms with Gasteiger partial charge in [-0.1, -0.05) is 39.0 Å². The first kappa shape index (κ1) is 16.0. The zero-order chi connectivity index (χ0) is 14.3. The quantitative estimate of drug-likeness (QED) is 0.587. The maximum absolute atomic E-state index is 13.1. The molecule has 5 heteroatoms. The van der Waals surface area contributed by atoms with Gasteiger partial charge in [-0.05, 0) is 24.6 Å². The second-order valence-corrected chi connectivity index (χ2v) is 6.92. The van der Waals surface area contributed by atoms with Crippen LogP contribution in [0.2, 0.25) is 0 Å². The van der Waals surface area contributed by atoms with Crippen molar-refractivity contribution in [1.82, 2.24) is 0 Å². The average molecular weight is 287 g/mol. The largest absolute Gasteiger partial charge is 0.399 e. The van der Waals surface area contributed by atoms with E-state index in [2.05, 4.69) is 6.92 Å². The predicted octanol–water partition coefficient (Wildman–Crippen LogP) is 3.54. The number of halogens is 1. The molecule has 108 valence electrons. The summed E-state index contributed by atoms with van der Waals surface area (Å²) in [5.74, 6) is -0.552. The highest BCUT2D eigenvalue weighted by Crippen LogP contribution is 2.18. The molecule has 0 aliphatic rings. The lowest BCUT2D eigenvalue weighted by Crippen LogP contribution is -2.08. The van der Waals surface area contributed by atoms with Crippen LogP contribution < -0.4 is 5.73 Å². The van der Waals surface area contributed by atoms with Crippen LogP contribution in [-0.2, 0) is 9.84 Å². The molecule has 0 aromatic heterocycles. The molecule has 0 fully saturated rings. The van der Waals surface area contributed by atoms with E-state index in [-0.39, 0.29) is 16.3 Å². The minimum atomic E-state index is -3.42. The summed E-state index contributed by atoms with van der Waals surface area (Å²) < 4.78 is 37.1. The van der Waals surface area contributed by atoms with Gasteiger partial charge in [0.2, 0.25) is 0 Å². The van der Waals surface area contributed by atoms with E-state index >= 15 is 0 Å². The van der Waals surface area contributed by atoms with E-state index in [9.17, 15) is 12.8 Å². The van der Waals surface area contributed by atoms with Gasteiger partial charge in [0.25, 0.3) is 0 Å². The van der Waals surface area contributed by atoms with Gasteiger partial charge in [0.15, 0.2) is 9.84 Å². The van der Waals surface area contributed by atoms with Crippen molar-refractivity contribution in [2.45, 2.75) is 50.3 Å². The highest BCUT2D eigenvalue weighted by atomic mass is 32.2. The summed E-state index contributed by atoms with van der Waals surface area (Å²) in [6, 6.07) is 3.46. The molecule has 0 saturated carbocycles. The fourth-order valence-electron chi connectivity index (χ4n) is 1.95. The number of nitrogen functional groups attached to an aromatic ring is 1. The number of benzene rings is 1. The topological polar surface area (TPSA) is 60.2 Å². The number of rotatable bonds is 8. The van der Waals surface area contributed by atoms with E-state index in [1.807, 2.05) is 0 Å². The molecule has 0 aliphatic carbocycles. The Bertz CT molecular complexity index is 480. The first-order valence-electron chi connectivity index (χ1n) is 6.74. The molecular weight excluding hydrogens is 265 g/mol. The van der Waals surface area contributed by atoms with Crippen LogP contribution in [-0.4, -0.2) is 14.2 Å². The van der Waals surface area contributed by atoms with Crippen LogP contribution in [0.25, 0.3) is 0 Å². The van der Waals surface area contributed by atoms with Crippen LogP contribution in [0.15, 0.2) is 23.1 Å². The van der Waals surface area contributed by atoms with Gasteiger partial charge in [-0.15, -0.1) is 0 Å². The smallest absolute Gasteiger partial charge is 0.178 e. The number of anilines is 1. The number of hydrogen-bond donors (Lipinski definition) is 1. The van der Waals surface area contributed by atoms with Crippen LogP contribution in [0.3, 0.4) is 0 Å². The molecule has 1 aromatic carbocycles. The monoisotopic (exact) mass is 287 g/mol. The molecule has 0 atom stereocenters. The van der Waals surface area contributed by atoms with E-state index in [1.165, 1.54) is 18.9 Å². The van der Waals surface area contributed by atoms with E-state index < -0.39 is 15.7 Å². The Morgan fingerprint density at radius 2 is 1.68 bits per heavy atom. The molecule has 2 N–H and O–H groups in total. The normalized spacial score (nSPS) is 11.7. The van der Waals surface area contributed by atoms with Crippen molar-refractivity contribution in [1.29, 1.82) is 0 Å². The van der Waals surface area contributed by atoms with Gasteiger partial charge in [0.05, 0.1) is 10.6 Å². The molecule has 1 rings (SSSR count). The maximum Gasteiger partial charge on any atom is 0.178 e. The molecular formula is C14H22FNO2S. The maximum atomic E-state index is 13.1. The van der Waals surface area contributed by atoms with Gasteiger partial charge < -0.3 is 5.73 Å². The number of sulfone groups is 1. The summed E-state index contributed by atoms with van der Waals surface area (Å²) >= 11 is 0. The zero-order valence-corrected chi connectivity index (χ0v) is 12.2. The van der Waals surface area contributed by atoms with Gasteiger partial charge >= 0.3 is 0 Å². The lowest BCUT2D eigenvalue weighted by atomic mass is 10.1. The van der Waals surface area contributed by atoms with Crippen molar-refractivity contribution in [3.05, 3.63) is 24.0 Å². The lowest BCUT2D eigenvalue weighted by molar-refractivity contribution is 0.580. The highest BCUT2D eigenvalue weighted by molar-refractivity contribution is 7.91. The standard InChI is InChI=1S/C14H22FNO2S/c1-2-3-4-5-6-7-8-19(17,18)14-10-12(15)9-13(16)11-14/h9-11H,2-8,16H2,1H3. The summed E-state index contributed by atoms with van der Waals surface area (Å²) in [5, 5.41) is 0. The number of hydrogen-bond acceptors (Lipinski definition) is 3. The molecule has 0 unspecified atom stereocenters. The number of unbranched alkanes of at least 4 members (excludes halogenated alkanes) is 5. The van der Waals surface area contributed by atoms with E-state index in [1.54, 1.807) is 0 Å². The van der Waals surface area contributed by atoms with Crippen LogP contribution in [0.4, 0.5) is 10.1 Å². The van der Waals surface area contributed by atoms with Crippen LogP contribution in [0.5, 0.6) is 0 Å². The summed E-state index contributed by atoms with van der Waals surface area (Å²) in [6.45, 7) is 2.14. The molecule has 19 heavy (non-hydrogen) atoms. The molecule has 0 saturated heterocycles. The molecule has 0 heterocycles. The molecule has 0 radical (unpaired) electrons. The Morgan fingerprint density at radius 3 is 2.32 bits per heavy atom. The van der Waals surface area contributed by atoms with Crippen LogP contribution >= 0.6 is 0 Å². The third-order valence-electron chi connectivity index (χ3n) is 3.02. The van der Waals surface area contributed by atoms with E-state index in [4.69, 9.17) is 5.73 Å².